The third-order valence-corrected chi connectivity index (χ3v) is 1.78. The molecule has 1 heterocycles. The zero-order valence-corrected chi connectivity index (χ0v) is 8.78. The zero-order valence-electron chi connectivity index (χ0n) is 8.78. The summed E-state index contributed by atoms with van der Waals surface area (Å²) in [6.07, 6.45) is 2.83. The van der Waals surface area contributed by atoms with Crippen LogP contribution in [-0.4, -0.2) is 17.8 Å². The number of amides is 1. The van der Waals surface area contributed by atoms with Gasteiger partial charge in [-0.3, -0.25) is 4.79 Å². The van der Waals surface area contributed by atoms with Crippen molar-refractivity contribution < 1.29 is 14.5 Å². The summed E-state index contributed by atoms with van der Waals surface area (Å²) < 4.78 is 1.45. The van der Waals surface area contributed by atoms with Gasteiger partial charge in [-0.15, -0.1) is 11.0 Å². The van der Waals surface area contributed by atoms with Gasteiger partial charge in [-0.2, -0.15) is 6.57 Å². The summed E-state index contributed by atoms with van der Waals surface area (Å²) in [6, 6.07) is 2.60. The van der Waals surface area contributed by atoms with Crippen molar-refractivity contribution in [2.75, 3.05) is 0 Å². The summed E-state index contributed by atoms with van der Waals surface area (Å²) in [7, 11) is 1.60. The number of hydrogen-bond donors (Lipinski definition) is 0. The van der Waals surface area contributed by atoms with Crippen LogP contribution >= 0.6 is 0 Å². The molecule has 0 saturated carbocycles. The minimum Gasteiger partial charge on any atom is -0.853 e. The Kier molecular flexibility index (Phi) is 3.81. The third kappa shape index (κ3) is 3.06. The van der Waals surface area contributed by atoms with E-state index in [2.05, 4.69) is 15.0 Å². The molecule has 0 aromatic carbocycles. The van der Waals surface area contributed by atoms with Gasteiger partial charge in [-0.1, -0.05) is 0 Å². The lowest BCUT2D eigenvalue weighted by molar-refractivity contribution is -0.671. The maximum Gasteiger partial charge on any atom is 0.190 e. The minimum absolute atomic E-state index is 0.0834. The zero-order chi connectivity index (χ0) is 12.8. The summed E-state index contributed by atoms with van der Waals surface area (Å²) in [4.78, 5) is 17.0. The maximum atomic E-state index is 11.3. The molecule has 0 bridgehead atoms. The Morgan fingerprint density at radius 2 is 2.24 bits per heavy atom. The maximum absolute atomic E-state index is 11.3. The van der Waals surface area contributed by atoms with Crippen molar-refractivity contribution in [2.45, 2.75) is 0 Å². The lowest BCUT2D eigenvalue weighted by Crippen LogP contribution is -2.32. The predicted octanol–water partition coefficient (Wildman–Crippen LogP) is -0.664. The minimum atomic E-state index is -0.749. The number of aliphatic imine (C=N–C) groups is 1. The molecule has 0 atom stereocenters. The van der Waals surface area contributed by atoms with Crippen LogP contribution in [0, 0.1) is 6.57 Å². The first-order valence-electron chi connectivity index (χ1n) is 4.34. The van der Waals surface area contributed by atoms with Crippen molar-refractivity contribution in [3.8, 4) is 0 Å². The molecule has 0 saturated heterocycles. The van der Waals surface area contributed by atoms with Gasteiger partial charge in [-0.05, 0) is 6.07 Å². The van der Waals surface area contributed by atoms with Gasteiger partial charge in [0, 0.05) is 0 Å². The van der Waals surface area contributed by atoms with E-state index in [0.29, 0.717) is 0 Å². The third-order valence-electron chi connectivity index (χ3n) is 1.78. The molecule has 0 aliphatic carbocycles. The number of hydrogen-bond acceptors (Lipinski definition) is 3. The van der Waals surface area contributed by atoms with E-state index in [0.717, 1.165) is 0 Å². The number of pyridine rings is 1. The fourth-order valence-electron chi connectivity index (χ4n) is 1.17. The van der Waals surface area contributed by atoms with E-state index in [1.165, 1.54) is 29.0 Å². The SMILES string of the molecule is [C-]#[N+]/N=C(\[O-])c1cc(C(=O)N=C=[N-])c[n+](C)c1. The number of carbonyl (C=O) groups excluding carboxylic acids is 1. The lowest BCUT2D eigenvalue weighted by atomic mass is 10.2. The van der Waals surface area contributed by atoms with Gasteiger partial charge in [-0.25, -0.2) is 4.57 Å². The molecule has 1 aromatic heterocycles. The van der Waals surface area contributed by atoms with Crippen LogP contribution in [0.5, 0.6) is 0 Å². The van der Waals surface area contributed by atoms with Crippen LogP contribution < -0.4 is 9.67 Å². The van der Waals surface area contributed by atoms with E-state index >= 15 is 0 Å². The van der Waals surface area contributed by atoms with E-state index in [-0.39, 0.29) is 11.1 Å². The van der Waals surface area contributed by atoms with Gasteiger partial charge in [0.1, 0.15) is 7.05 Å². The topological polar surface area (TPSA) is 95.4 Å². The standard InChI is InChI=1S/C10H7N5O2/c1-12-14-10(17)8-3-7(4-15(2)5-8)9(16)13-6-11/h3-5H,2H3,(H,14,17)/p-1. The first-order chi connectivity index (χ1) is 8.08. The van der Waals surface area contributed by atoms with E-state index < -0.39 is 11.8 Å². The van der Waals surface area contributed by atoms with Crippen molar-refractivity contribution in [3.63, 3.8) is 0 Å². The van der Waals surface area contributed by atoms with Crippen molar-refractivity contribution in [3.05, 3.63) is 46.5 Å². The van der Waals surface area contributed by atoms with Crippen molar-refractivity contribution in [1.82, 2.24) is 0 Å². The Hall–Kier alpha value is -2.84. The molecular formula is C10H6N5O2-. The van der Waals surface area contributed by atoms with Crippen molar-refractivity contribution in [2.24, 2.45) is 17.1 Å². The van der Waals surface area contributed by atoms with E-state index in [9.17, 15) is 9.90 Å². The quantitative estimate of drug-likeness (QED) is 0.221. The number of aromatic nitrogens is 1. The molecular weight excluding hydrogens is 222 g/mol. The van der Waals surface area contributed by atoms with Gasteiger partial charge >= 0.3 is 0 Å². The van der Waals surface area contributed by atoms with Gasteiger partial charge in [0.25, 0.3) is 0 Å². The molecule has 1 rings (SSSR count). The highest BCUT2D eigenvalue weighted by atomic mass is 16.3. The van der Waals surface area contributed by atoms with Gasteiger partial charge < -0.3 is 15.5 Å². The molecule has 0 spiro atoms. The van der Waals surface area contributed by atoms with E-state index in [1.54, 1.807) is 7.05 Å². The van der Waals surface area contributed by atoms with Gasteiger partial charge in [0.15, 0.2) is 18.3 Å². The van der Waals surface area contributed by atoms with Crippen LogP contribution in [0.15, 0.2) is 28.6 Å². The molecule has 0 aliphatic heterocycles. The molecule has 7 heteroatoms. The second-order valence-corrected chi connectivity index (χ2v) is 3.00. The van der Waals surface area contributed by atoms with Crippen molar-refractivity contribution in [1.29, 1.82) is 0 Å². The monoisotopic (exact) mass is 228 g/mol. The predicted molar refractivity (Wildman–Crippen MR) is 55.9 cm³/mol. The van der Waals surface area contributed by atoms with Gasteiger partial charge in [0.2, 0.25) is 0 Å². The van der Waals surface area contributed by atoms with Crippen molar-refractivity contribution >= 4 is 17.8 Å². The molecule has 84 valence electrons. The summed E-state index contributed by atoms with van der Waals surface area (Å²) in [5.41, 5.74) is 0.169. The fourth-order valence-corrected chi connectivity index (χ4v) is 1.17. The molecule has 0 radical (unpaired) electrons. The Morgan fingerprint density at radius 1 is 1.59 bits per heavy atom. The number of aryl methyl sites for hydroxylation is 1. The van der Waals surface area contributed by atoms with Crippen LogP contribution in [0.2, 0.25) is 0 Å². The van der Waals surface area contributed by atoms with Crippen LogP contribution in [-0.2, 0) is 7.05 Å². The summed E-state index contributed by atoms with van der Waals surface area (Å²) in [5.74, 6) is -1.50. The van der Waals surface area contributed by atoms with Crippen LogP contribution in [0.3, 0.4) is 0 Å². The van der Waals surface area contributed by atoms with E-state index in [1.807, 2.05) is 0 Å². The number of nitrogens with zero attached hydrogens (tertiary/aromatic N) is 5. The van der Waals surface area contributed by atoms with Gasteiger partial charge in [0.05, 0.1) is 22.1 Å². The summed E-state index contributed by atoms with van der Waals surface area (Å²) in [6.45, 7) is 6.44. The molecule has 1 aromatic rings. The molecule has 1 amide bonds. The Balaban J connectivity index is 3.29. The van der Waals surface area contributed by atoms with Crippen LogP contribution in [0.25, 0.3) is 10.4 Å². The Labute approximate surface area is 96.7 Å². The highest BCUT2D eigenvalue weighted by Crippen LogP contribution is 2.03. The second-order valence-electron chi connectivity index (χ2n) is 3.00. The molecule has 0 fully saturated rings. The van der Waals surface area contributed by atoms with E-state index in [4.69, 9.17) is 12.0 Å². The smallest absolute Gasteiger partial charge is 0.190 e. The molecule has 0 N–H and O–H groups in total. The van der Waals surface area contributed by atoms with Crippen LogP contribution in [0.4, 0.5) is 0 Å². The highest BCUT2D eigenvalue weighted by molar-refractivity contribution is 5.99. The fraction of sp³-hybridized carbons (Fsp3) is 0.100. The Bertz CT molecular complexity index is 579. The summed E-state index contributed by atoms with van der Waals surface area (Å²) in [5, 5.41) is 22.6. The average molecular weight is 228 g/mol. The molecule has 0 unspecified atom stereocenters. The summed E-state index contributed by atoms with van der Waals surface area (Å²) >= 11 is 0. The normalized spacial score (nSPS) is 10.2. The largest absolute Gasteiger partial charge is 0.853 e. The molecule has 17 heavy (non-hydrogen) atoms. The molecule has 7 nitrogen and oxygen atoms in total. The first-order valence-corrected chi connectivity index (χ1v) is 4.34. The second kappa shape index (κ2) is 5.30. The molecule has 0 aliphatic rings. The Morgan fingerprint density at radius 3 is 2.82 bits per heavy atom. The number of carbonyl (C=O) groups is 1. The lowest BCUT2D eigenvalue weighted by Gasteiger charge is -2.05. The average Bonchev–Trinajstić information content (AvgIpc) is 2.29. The highest BCUT2D eigenvalue weighted by Gasteiger charge is 2.09. The number of rotatable bonds is 2. The first kappa shape index (κ1) is 12.2. The van der Waals surface area contributed by atoms with Crippen LogP contribution in [0.1, 0.15) is 15.9 Å².